The van der Waals surface area contributed by atoms with Gasteiger partial charge >= 0.3 is 0 Å². The Morgan fingerprint density at radius 1 is 1.17 bits per heavy atom. The Bertz CT molecular complexity index is 1020. The third kappa shape index (κ3) is 2.69. The molecule has 0 unspecified atom stereocenters. The van der Waals surface area contributed by atoms with Crippen molar-refractivity contribution in [2.75, 3.05) is 0 Å². The second kappa shape index (κ2) is 6.13. The molecule has 3 rings (SSSR count). The number of aliphatic hydroxyl groups is 1. The highest BCUT2D eigenvalue weighted by molar-refractivity contribution is 5.96. The van der Waals surface area contributed by atoms with Crippen molar-refractivity contribution in [1.29, 1.82) is 0 Å². The number of phenols is 1. The van der Waals surface area contributed by atoms with Crippen LogP contribution in [0.4, 0.5) is 0 Å². The SMILES string of the molecule is CC(C)=CCc1ccc(O)c2c(=O)c3c(CO)cc(C)cc3oc12. The minimum absolute atomic E-state index is 0.105. The van der Waals surface area contributed by atoms with E-state index in [4.69, 9.17) is 4.42 Å². The zero-order chi connectivity index (χ0) is 17.4. The van der Waals surface area contributed by atoms with Crippen LogP contribution in [-0.2, 0) is 13.0 Å². The van der Waals surface area contributed by atoms with Gasteiger partial charge in [0, 0.05) is 0 Å². The van der Waals surface area contributed by atoms with Crippen molar-refractivity contribution in [1.82, 2.24) is 0 Å². The fourth-order valence-electron chi connectivity index (χ4n) is 2.95. The van der Waals surface area contributed by atoms with Gasteiger partial charge in [-0.1, -0.05) is 23.8 Å². The number of allylic oxidation sites excluding steroid dienone is 2. The second-order valence-corrected chi connectivity index (χ2v) is 6.32. The molecule has 0 fully saturated rings. The fourth-order valence-corrected chi connectivity index (χ4v) is 2.95. The van der Waals surface area contributed by atoms with Crippen LogP contribution in [0.1, 0.15) is 30.5 Å². The van der Waals surface area contributed by atoms with E-state index in [1.54, 1.807) is 18.2 Å². The molecular weight excluding hydrogens is 304 g/mol. The Hall–Kier alpha value is -2.59. The van der Waals surface area contributed by atoms with E-state index in [2.05, 4.69) is 0 Å². The molecular formula is C20H20O4. The number of fused-ring (bicyclic) bond motifs is 2. The maximum Gasteiger partial charge on any atom is 0.204 e. The summed E-state index contributed by atoms with van der Waals surface area (Å²) in [4.78, 5) is 12.9. The van der Waals surface area contributed by atoms with Gasteiger partial charge in [0.25, 0.3) is 0 Å². The smallest absolute Gasteiger partial charge is 0.204 e. The number of aromatic hydroxyl groups is 1. The molecule has 0 saturated carbocycles. The zero-order valence-corrected chi connectivity index (χ0v) is 14.0. The Balaban J connectivity index is 2.45. The molecule has 124 valence electrons. The van der Waals surface area contributed by atoms with E-state index in [0.29, 0.717) is 28.5 Å². The van der Waals surface area contributed by atoms with Gasteiger partial charge in [0.1, 0.15) is 22.3 Å². The van der Waals surface area contributed by atoms with Gasteiger partial charge in [0.15, 0.2) is 0 Å². The summed E-state index contributed by atoms with van der Waals surface area (Å²) in [7, 11) is 0. The molecule has 3 aromatic rings. The number of aryl methyl sites for hydroxylation is 1. The summed E-state index contributed by atoms with van der Waals surface area (Å²) in [5, 5.41) is 20.3. The van der Waals surface area contributed by atoms with Gasteiger partial charge in [-0.25, -0.2) is 0 Å². The Labute approximate surface area is 139 Å². The summed E-state index contributed by atoms with van der Waals surface area (Å²) in [6, 6.07) is 6.83. The van der Waals surface area contributed by atoms with Crippen LogP contribution >= 0.6 is 0 Å². The molecule has 0 aliphatic rings. The number of hydrogen-bond acceptors (Lipinski definition) is 4. The van der Waals surface area contributed by atoms with Crippen LogP contribution in [0.3, 0.4) is 0 Å². The molecule has 0 aliphatic heterocycles. The maximum absolute atomic E-state index is 12.9. The van der Waals surface area contributed by atoms with E-state index in [9.17, 15) is 15.0 Å². The van der Waals surface area contributed by atoms with E-state index in [1.807, 2.05) is 26.8 Å². The van der Waals surface area contributed by atoms with Crippen LogP contribution in [-0.4, -0.2) is 10.2 Å². The predicted octanol–water partition coefficient (Wildman–Crippen LogP) is 3.96. The number of rotatable bonds is 3. The zero-order valence-electron chi connectivity index (χ0n) is 14.0. The third-order valence-corrected chi connectivity index (χ3v) is 4.11. The van der Waals surface area contributed by atoms with Gasteiger partial charge < -0.3 is 14.6 Å². The monoisotopic (exact) mass is 324 g/mol. The van der Waals surface area contributed by atoms with Crippen molar-refractivity contribution < 1.29 is 14.6 Å². The predicted molar refractivity (Wildman–Crippen MR) is 95.4 cm³/mol. The van der Waals surface area contributed by atoms with Crippen molar-refractivity contribution in [3.8, 4) is 5.75 Å². The number of benzene rings is 2. The van der Waals surface area contributed by atoms with Gasteiger partial charge in [0.2, 0.25) is 5.43 Å². The van der Waals surface area contributed by atoms with Crippen molar-refractivity contribution in [2.24, 2.45) is 0 Å². The summed E-state index contributed by atoms with van der Waals surface area (Å²) >= 11 is 0. The molecule has 2 aromatic carbocycles. The average molecular weight is 324 g/mol. The second-order valence-electron chi connectivity index (χ2n) is 6.32. The highest BCUT2D eigenvalue weighted by Crippen LogP contribution is 2.30. The van der Waals surface area contributed by atoms with Crippen molar-refractivity contribution in [3.63, 3.8) is 0 Å². The average Bonchev–Trinajstić information content (AvgIpc) is 2.52. The lowest BCUT2D eigenvalue weighted by atomic mass is 10.0. The Morgan fingerprint density at radius 3 is 2.58 bits per heavy atom. The summed E-state index contributed by atoms with van der Waals surface area (Å²) in [6.45, 7) is 5.64. The lowest BCUT2D eigenvalue weighted by molar-refractivity contribution is 0.283. The molecule has 24 heavy (non-hydrogen) atoms. The molecule has 4 heteroatoms. The molecule has 4 nitrogen and oxygen atoms in total. The number of phenolic OH excluding ortho intramolecular Hbond substituents is 1. The van der Waals surface area contributed by atoms with Crippen LogP contribution in [0.15, 0.2) is 45.1 Å². The first kappa shape index (κ1) is 16.3. The van der Waals surface area contributed by atoms with Gasteiger partial charge in [-0.15, -0.1) is 0 Å². The maximum atomic E-state index is 12.9. The van der Waals surface area contributed by atoms with Gasteiger partial charge in [-0.05, 0) is 56.0 Å². The summed E-state index contributed by atoms with van der Waals surface area (Å²) in [6.07, 6.45) is 2.66. The van der Waals surface area contributed by atoms with Gasteiger partial charge in [-0.2, -0.15) is 0 Å². The van der Waals surface area contributed by atoms with Crippen LogP contribution in [0.2, 0.25) is 0 Å². The summed E-state index contributed by atoms with van der Waals surface area (Å²) < 4.78 is 5.99. The van der Waals surface area contributed by atoms with Crippen LogP contribution in [0.5, 0.6) is 5.75 Å². The van der Waals surface area contributed by atoms with Crippen LogP contribution in [0, 0.1) is 6.92 Å². The Morgan fingerprint density at radius 2 is 1.92 bits per heavy atom. The van der Waals surface area contributed by atoms with E-state index in [1.165, 1.54) is 6.07 Å². The highest BCUT2D eigenvalue weighted by Gasteiger charge is 2.17. The molecule has 1 aromatic heterocycles. The highest BCUT2D eigenvalue weighted by atomic mass is 16.3. The molecule has 0 aliphatic carbocycles. The lowest BCUT2D eigenvalue weighted by Gasteiger charge is -2.10. The minimum Gasteiger partial charge on any atom is -0.507 e. The van der Waals surface area contributed by atoms with Crippen molar-refractivity contribution in [3.05, 3.63) is 62.8 Å². The van der Waals surface area contributed by atoms with Crippen LogP contribution < -0.4 is 5.43 Å². The van der Waals surface area contributed by atoms with Crippen molar-refractivity contribution >= 4 is 21.9 Å². The van der Waals surface area contributed by atoms with Gasteiger partial charge in [0.05, 0.1) is 12.0 Å². The molecule has 2 N–H and O–H groups in total. The molecule has 0 radical (unpaired) electrons. The first-order valence-electron chi connectivity index (χ1n) is 7.87. The standard InChI is InChI=1S/C20H20O4/c1-11(2)4-5-13-6-7-15(22)18-19(23)17-14(10-21)8-12(3)9-16(17)24-20(13)18/h4,6-9,21-22H,5,10H2,1-3H3. The van der Waals surface area contributed by atoms with E-state index >= 15 is 0 Å². The molecule has 0 atom stereocenters. The molecule has 1 heterocycles. The molecule has 0 spiro atoms. The van der Waals surface area contributed by atoms with E-state index < -0.39 is 0 Å². The topological polar surface area (TPSA) is 70.7 Å². The first-order chi connectivity index (χ1) is 11.4. The van der Waals surface area contributed by atoms with Gasteiger partial charge in [-0.3, -0.25) is 4.79 Å². The first-order valence-corrected chi connectivity index (χ1v) is 7.87. The number of hydrogen-bond donors (Lipinski definition) is 2. The van der Waals surface area contributed by atoms with Crippen LogP contribution in [0.25, 0.3) is 21.9 Å². The van der Waals surface area contributed by atoms with E-state index in [0.717, 1.165) is 16.7 Å². The van der Waals surface area contributed by atoms with Crippen molar-refractivity contribution in [2.45, 2.75) is 33.8 Å². The quantitative estimate of drug-likeness (QED) is 0.565. The molecule has 0 saturated heterocycles. The summed E-state index contributed by atoms with van der Waals surface area (Å²) in [5.41, 5.74) is 3.94. The normalized spacial score (nSPS) is 11.2. The third-order valence-electron chi connectivity index (χ3n) is 4.11. The summed E-state index contributed by atoms with van der Waals surface area (Å²) in [5.74, 6) is -0.105. The minimum atomic E-state index is -0.313. The Kier molecular flexibility index (Phi) is 4.16. The van der Waals surface area contributed by atoms with E-state index in [-0.39, 0.29) is 23.2 Å². The largest absolute Gasteiger partial charge is 0.507 e. The molecule has 0 amide bonds. The molecule has 0 bridgehead atoms. The lowest BCUT2D eigenvalue weighted by Crippen LogP contribution is -2.07. The number of aliphatic hydroxyl groups excluding tert-OH is 1. The fraction of sp³-hybridized carbons (Fsp3) is 0.250.